The zero-order valence-corrected chi connectivity index (χ0v) is 16.4. The number of aryl methyl sites for hydroxylation is 1. The Kier molecular flexibility index (Phi) is 4.60. The third-order valence-corrected chi connectivity index (χ3v) is 5.69. The van der Waals surface area contributed by atoms with Crippen LogP contribution in [0.1, 0.15) is 37.4 Å². The fourth-order valence-corrected chi connectivity index (χ4v) is 4.19. The molecule has 1 saturated carbocycles. The van der Waals surface area contributed by atoms with Gasteiger partial charge < -0.3 is 4.57 Å². The fourth-order valence-electron chi connectivity index (χ4n) is 4.19. The molecule has 0 atom stereocenters. The predicted molar refractivity (Wildman–Crippen MR) is 106 cm³/mol. The summed E-state index contributed by atoms with van der Waals surface area (Å²) in [5, 5.41) is 0.752. The Morgan fingerprint density at radius 1 is 1.10 bits per heavy atom. The lowest BCUT2D eigenvalue weighted by Gasteiger charge is -2.13. The van der Waals surface area contributed by atoms with Crippen LogP contribution in [0.2, 0.25) is 0 Å². The molecule has 0 aromatic carbocycles. The highest BCUT2D eigenvalue weighted by Gasteiger charge is 2.30. The van der Waals surface area contributed by atoms with Gasteiger partial charge in [-0.3, -0.25) is 14.1 Å². The van der Waals surface area contributed by atoms with E-state index in [0.717, 1.165) is 23.7 Å². The molecule has 1 fully saturated rings. The number of halogens is 4. The van der Waals surface area contributed by atoms with Crippen molar-refractivity contribution in [1.29, 1.82) is 0 Å². The van der Waals surface area contributed by atoms with E-state index in [0.29, 0.717) is 11.2 Å². The summed E-state index contributed by atoms with van der Waals surface area (Å²) < 4.78 is 57.4. The monoisotopic (exact) mass is 433 g/mol. The SMILES string of the molecule is O=c1n(Cc2cc3cnccc3n2CCCC(F)(F)F)c2c(F)nccc2n1C1CC1. The van der Waals surface area contributed by atoms with E-state index in [2.05, 4.69) is 9.97 Å². The van der Waals surface area contributed by atoms with Gasteiger partial charge in [-0.25, -0.2) is 9.78 Å². The molecule has 1 aliphatic rings. The maximum absolute atomic E-state index is 14.6. The van der Waals surface area contributed by atoms with Gasteiger partial charge in [-0.2, -0.15) is 17.6 Å². The highest BCUT2D eigenvalue weighted by atomic mass is 19.4. The number of nitrogens with zero attached hydrogens (tertiary/aromatic N) is 5. The average Bonchev–Trinajstić information content (AvgIpc) is 3.42. The lowest BCUT2D eigenvalue weighted by Crippen LogP contribution is -2.25. The molecule has 1 aliphatic carbocycles. The van der Waals surface area contributed by atoms with Crippen LogP contribution in [0.15, 0.2) is 41.6 Å². The maximum atomic E-state index is 14.6. The minimum Gasteiger partial charge on any atom is -0.343 e. The standard InChI is InChI=1S/C21H19F4N5O/c22-19-18-17(5-8-27-19)30(14-2-3-14)20(31)29(18)12-15-10-13-11-26-7-4-16(13)28(15)9-1-6-21(23,24)25/h4-5,7-8,10-11,14H,1-3,6,9,12H2. The number of aromatic nitrogens is 5. The highest BCUT2D eigenvalue weighted by molar-refractivity contribution is 5.80. The van der Waals surface area contributed by atoms with Crippen LogP contribution in [-0.2, 0) is 13.1 Å². The van der Waals surface area contributed by atoms with Gasteiger partial charge in [0.05, 0.1) is 17.6 Å². The summed E-state index contributed by atoms with van der Waals surface area (Å²) in [6, 6.07) is 5.18. The maximum Gasteiger partial charge on any atom is 0.389 e. The largest absolute Gasteiger partial charge is 0.389 e. The van der Waals surface area contributed by atoms with Crippen molar-refractivity contribution in [2.75, 3.05) is 0 Å². The molecule has 4 aromatic rings. The van der Waals surface area contributed by atoms with E-state index < -0.39 is 18.5 Å². The van der Waals surface area contributed by atoms with Gasteiger partial charge in [0.1, 0.15) is 5.52 Å². The first-order chi connectivity index (χ1) is 14.8. The molecule has 0 N–H and O–H groups in total. The summed E-state index contributed by atoms with van der Waals surface area (Å²) in [5.74, 6) is -0.740. The molecule has 162 valence electrons. The van der Waals surface area contributed by atoms with Crippen molar-refractivity contribution in [3.05, 3.63) is 58.9 Å². The molecule has 10 heteroatoms. The third kappa shape index (κ3) is 3.60. The second kappa shape index (κ2) is 7.21. The van der Waals surface area contributed by atoms with Crippen molar-refractivity contribution in [2.24, 2.45) is 0 Å². The summed E-state index contributed by atoms with van der Waals surface area (Å²) in [4.78, 5) is 20.9. The number of rotatable bonds is 6. The van der Waals surface area contributed by atoms with E-state index in [1.807, 2.05) is 0 Å². The van der Waals surface area contributed by atoms with E-state index in [1.54, 1.807) is 39.7 Å². The van der Waals surface area contributed by atoms with Gasteiger partial charge >= 0.3 is 11.9 Å². The molecule has 0 spiro atoms. The van der Waals surface area contributed by atoms with Crippen LogP contribution in [0.4, 0.5) is 17.6 Å². The minimum absolute atomic E-state index is 0.0262. The highest BCUT2D eigenvalue weighted by Crippen LogP contribution is 2.36. The van der Waals surface area contributed by atoms with Crippen LogP contribution >= 0.6 is 0 Å². The van der Waals surface area contributed by atoms with E-state index in [9.17, 15) is 22.4 Å². The van der Waals surface area contributed by atoms with Crippen LogP contribution in [0.25, 0.3) is 21.9 Å². The molecular formula is C21H19F4N5O. The second-order valence-electron chi connectivity index (χ2n) is 7.88. The van der Waals surface area contributed by atoms with E-state index in [1.165, 1.54) is 10.8 Å². The fraction of sp³-hybridized carbons (Fsp3) is 0.381. The number of alkyl halides is 3. The number of fused-ring (bicyclic) bond motifs is 2. The van der Waals surface area contributed by atoms with Crippen molar-refractivity contribution in [3.8, 4) is 0 Å². The lowest BCUT2D eigenvalue weighted by molar-refractivity contribution is -0.135. The average molecular weight is 433 g/mol. The zero-order valence-electron chi connectivity index (χ0n) is 16.4. The number of hydrogen-bond acceptors (Lipinski definition) is 3. The third-order valence-electron chi connectivity index (χ3n) is 5.69. The summed E-state index contributed by atoms with van der Waals surface area (Å²) >= 11 is 0. The molecule has 0 unspecified atom stereocenters. The number of hydrogen-bond donors (Lipinski definition) is 0. The van der Waals surface area contributed by atoms with Gasteiger partial charge in [0, 0.05) is 48.7 Å². The second-order valence-corrected chi connectivity index (χ2v) is 7.88. The molecule has 0 bridgehead atoms. The normalized spacial score (nSPS) is 14.7. The first-order valence-electron chi connectivity index (χ1n) is 10.1. The minimum atomic E-state index is -4.24. The Morgan fingerprint density at radius 2 is 1.87 bits per heavy atom. The quantitative estimate of drug-likeness (QED) is 0.334. The first-order valence-corrected chi connectivity index (χ1v) is 10.1. The summed E-state index contributed by atoms with van der Waals surface area (Å²) in [5.41, 5.74) is 1.61. The Balaban J connectivity index is 1.60. The molecule has 4 heterocycles. The summed E-state index contributed by atoms with van der Waals surface area (Å²) in [7, 11) is 0. The Labute approximate surface area is 173 Å². The smallest absolute Gasteiger partial charge is 0.343 e. The molecule has 4 aromatic heterocycles. The van der Waals surface area contributed by atoms with Gasteiger partial charge in [-0.15, -0.1) is 0 Å². The van der Waals surface area contributed by atoms with Crippen LogP contribution < -0.4 is 5.69 Å². The topological polar surface area (TPSA) is 57.6 Å². The molecular weight excluding hydrogens is 414 g/mol. The zero-order chi connectivity index (χ0) is 21.8. The first kappa shape index (κ1) is 19.8. The molecule has 0 saturated heterocycles. The lowest BCUT2D eigenvalue weighted by atomic mass is 10.3. The van der Waals surface area contributed by atoms with Gasteiger partial charge in [0.25, 0.3) is 0 Å². The molecule has 0 amide bonds. The van der Waals surface area contributed by atoms with Gasteiger partial charge in [0.2, 0.25) is 5.95 Å². The number of imidazole rings is 1. The van der Waals surface area contributed by atoms with E-state index in [-0.39, 0.29) is 36.8 Å². The van der Waals surface area contributed by atoms with Gasteiger partial charge in [0.15, 0.2) is 0 Å². The number of pyridine rings is 2. The van der Waals surface area contributed by atoms with Crippen molar-refractivity contribution in [1.82, 2.24) is 23.7 Å². The summed E-state index contributed by atoms with van der Waals surface area (Å²) in [6.45, 7) is 0.150. The van der Waals surface area contributed by atoms with Crippen molar-refractivity contribution < 1.29 is 17.6 Å². The molecule has 0 aliphatic heterocycles. The molecule has 5 rings (SSSR count). The molecule has 6 nitrogen and oxygen atoms in total. The van der Waals surface area contributed by atoms with Crippen molar-refractivity contribution >= 4 is 21.9 Å². The molecule has 0 radical (unpaired) electrons. The van der Waals surface area contributed by atoms with Crippen molar-refractivity contribution in [2.45, 2.75) is 51.0 Å². The Morgan fingerprint density at radius 3 is 2.61 bits per heavy atom. The van der Waals surface area contributed by atoms with E-state index >= 15 is 0 Å². The Bertz CT molecular complexity index is 1330. The molecule has 31 heavy (non-hydrogen) atoms. The van der Waals surface area contributed by atoms with Crippen LogP contribution in [0.5, 0.6) is 0 Å². The Hall–Kier alpha value is -3.17. The van der Waals surface area contributed by atoms with Gasteiger partial charge in [-0.05, 0) is 37.5 Å². The van der Waals surface area contributed by atoms with Gasteiger partial charge in [-0.1, -0.05) is 0 Å². The van der Waals surface area contributed by atoms with E-state index in [4.69, 9.17) is 0 Å². The van der Waals surface area contributed by atoms with Crippen LogP contribution in [0, 0.1) is 5.95 Å². The van der Waals surface area contributed by atoms with Crippen LogP contribution in [0.3, 0.4) is 0 Å². The predicted octanol–water partition coefficient (Wildman–Crippen LogP) is 4.41. The van der Waals surface area contributed by atoms with Crippen LogP contribution in [-0.4, -0.2) is 29.8 Å². The van der Waals surface area contributed by atoms with Crippen molar-refractivity contribution in [3.63, 3.8) is 0 Å². The summed E-state index contributed by atoms with van der Waals surface area (Å²) in [6.07, 6.45) is 0.986.